The van der Waals surface area contributed by atoms with Gasteiger partial charge in [-0.15, -0.1) is 0 Å². The highest BCUT2D eigenvalue weighted by Crippen LogP contribution is 2.19. The van der Waals surface area contributed by atoms with Crippen LogP contribution in [0.2, 0.25) is 0 Å². The molecule has 0 heterocycles. The van der Waals surface area contributed by atoms with Crippen LogP contribution in [0.1, 0.15) is 12.8 Å². The highest BCUT2D eigenvalue weighted by atomic mass is 16.5. The van der Waals surface area contributed by atoms with Crippen LogP contribution in [0, 0.1) is 11.3 Å². The van der Waals surface area contributed by atoms with Crippen LogP contribution >= 0.6 is 0 Å². The van der Waals surface area contributed by atoms with Gasteiger partial charge in [-0.2, -0.15) is 5.26 Å². The SMILES string of the molecule is COCCOCCOCC(C#N)NC1CC1. The Morgan fingerprint density at radius 2 is 1.94 bits per heavy atom. The van der Waals surface area contributed by atoms with Crippen molar-refractivity contribution in [2.24, 2.45) is 0 Å². The molecule has 0 saturated heterocycles. The quantitative estimate of drug-likeness (QED) is 0.545. The zero-order chi connectivity index (χ0) is 11.6. The van der Waals surface area contributed by atoms with E-state index in [-0.39, 0.29) is 6.04 Å². The number of hydrogen-bond donors (Lipinski definition) is 1. The van der Waals surface area contributed by atoms with Gasteiger partial charge in [-0.25, -0.2) is 0 Å². The summed E-state index contributed by atoms with van der Waals surface area (Å²) < 4.78 is 15.4. The maximum atomic E-state index is 8.84. The maximum absolute atomic E-state index is 8.84. The van der Waals surface area contributed by atoms with Gasteiger partial charge in [0, 0.05) is 13.2 Å². The summed E-state index contributed by atoms with van der Waals surface area (Å²) in [6.45, 7) is 2.69. The van der Waals surface area contributed by atoms with E-state index in [0.717, 1.165) is 0 Å². The van der Waals surface area contributed by atoms with Crippen molar-refractivity contribution in [1.82, 2.24) is 5.32 Å². The Morgan fingerprint density at radius 1 is 1.25 bits per heavy atom. The number of nitrogens with zero attached hydrogens (tertiary/aromatic N) is 1. The predicted molar refractivity (Wildman–Crippen MR) is 59.1 cm³/mol. The van der Waals surface area contributed by atoms with E-state index in [2.05, 4.69) is 11.4 Å². The highest BCUT2D eigenvalue weighted by molar-refractivity contribution is 4.95. The molecule has 1 aliphatic carbocycles. The van der Waals surface area contributed by atoms with Crippen molar-refractivity contribution in [2.45, 2.75) is 24.9 Å². The lowest BCUT2D eigenvalue weighted by molar-refractivity contribution is 0.0223. The molecule has 0 aromatic heterocycles. The van der Waals surface area contributed by atoms with E-state index < -0.39 is 0 Å². The van der Waals surface area contributed by atoms with Crippen LogP contribution < -0.4 is 5.32 Å². The summed E-state index contributed by atoms with van der Waals surface area (Å²) in [5.41, 5.74) is 0. The topological polar surface area (TPSA) is 63.5 Å². The van der Waals surface area contributed by atoms with Gasteiger partial charge in [0.25, 0.3) is 0 Å². The van der Waals surface area contributed by atoms with E-state index in [4.69, 9.17) is 19.5 Å². The number of methoxy groups -OCH3 is 1. The van der Waals surface area contributed by atoms with Crippen LogP contribution in [0.4, 0.5) is 0 Å². The lowest BCUT2D eigenvalue weighted by Crippen LogP contribution is -2.34. The molecule has 1 unspecified atom stereocenters. The summed E-state index contributed by atoms with van der Waals surface area (Å²) >= 11 is 0. The summed E-state index contributed by atoms with van der Waals surface area (Å²) in [5, 5.41) is 12.0. The molecule has 0 aromatic rings. The zero-order valence-electron chi connectivity index (χ0n) is 9.78. The summed E-state index contributed by atoms with van der Waals surface area (Å²) in [5.74, 6) is 0. The Morgan fingerprint density at radius 3 is 2.56 bits per heavy atom. The first-order chi connectivity index (χ1) is 7.86. The van der Waals surface area contributed by atoms with Crippen molar-refractivity contribution in [3.8, 4) is 6.07 Å². The fourth-order valence-corrected chi connectivity index (χ4v) is 1.22. The van der Waals surface area contributed by atoms with Crippen molar-refractivity contribution in [1.29, 1.82) is 5.26 Å². The number of nitrogens with one attached hydrogen (secondary N) is 1. The molecule has 92 valence electrons. The average Bonchev–Trinajstić information content (AvgIpc) is 3.10. The van der Waals surface area contributed by atoms with Crippen LogP contribution in [0.5, 0.6) is 0 Å². The summed E-state index contributed by atoms with van der Waals surface area (Å²) in [6.07, 6.45) is 2.36. The molecule has 1 aliphatic rings. The van der Waals surface area contributed by atoms with Crippen LogP contribution in [-0.4, -0.2) is 52.2 Å². The fourth-order valence-electron chi connectivity index (χ4n) is 1.22. The molecule has 5 heteroatoms. The smallest absolute Gasteiger partial charge is 0.119 e. The molecule has 0 radical (unpaired) electrons. The van der Waals surface area contributed by atoms with E-state index in [1.54, 1.807) is 7.11 Å². The van der Waals surface area contributed by atoms with Gasteiger partial charge < -0.3 is 14.2 Å². The zero-order valence-corrected chi connectivity index (χ0v) is 9.78. The van der Waals surface area contributed by atoms with Crippen LogP contribution in [0.3, 0.4) is 0 Å². The first-order valence-electron chi connectivity index (χ1n) is 5.67. The van der Waals surface area contributed by atoms with Crippen molar-refractivity contribution in [2.75, 3.05) is 40.1 Å². The normalized spacial score (nSPS) is 17.0. The second kappa shape index (κ2) is 8.48. The lowest BCUT2D eigenvalue weighted by Gasteiger charge is -2.11. The minimum absolute atomic E-state index is 0.188. The van der Waals surface area contributed by atoms with Crippen molar-refractivity contribution in [3.63, 3.8) is 0 Å². The standard InChI is InChI=1S/C11H20N2O3/c1-14-4-5-15-6-7-16-9-11(8-12)13-10-2-3-10/h10-11,13H,2-7,9H2,1H3. The van der Waals surface area contributed by atoms with Crippen LogP contribution in [0.15, 0.2) is 0 Å². The first-order valence-corrected chi connectivity index (χ1v) is 5.67. The average molecular weight is 228 g/mol. The molecule has 0 amide bonds. The molecule has 5 nitrogen and oxygen atoms in total. The van der Waals surface area contributed by atoms with E-state index in [9.17, 15) is 0 Å². The molecular weight excluding hydrogens is 208 g/mol. The van der Waals surface area contributed by atoms with Crippen molar-refractivity contribution in [3.05, 3.63) is 0 Å². The molecule has 1 rings (SSSR count). The monoisotopic (exact) mass is 228 g/mol. The van der Waals surface area contributed by atoms with E-state index in [0.29, 0.717) is 39.1 Å². The summed E-state index contributed by atoms with van der Waals surface area (Å²) in [4.78, 5) is 0. The molecular formula is C11H20N2O3. The van der Waals surface area contributed by atoms with E-state index in [1.165, 1.54) is 12.8 Å². The second-order valence-corrected chi connectivity index (χ2v) is 3.80. The van der Waals surface area contributed by atoms with Gasteiger partial charge >= 0.3 is 0 Å². The van der Waals surface area contributed by atoms with Gasteiger partial charge in [-0.05, 0) is 12.8 Å². The Balaban J connectivity index is 1.86. The third-order valence-corrected chi connectivity index (χ3v) is 2.26. The Hall–Kier alpha value is -0.670. The molecule has 0 bridgehead atoms. The predicted octanol–water partition coefficient (Wildman–Crippen LogP) is 0.310. The number of nitriles is 1. The molecule has 1 fully saturated rings. The third kappa shape index (κ3) is 6.75. The van der Waals surface area contributed by atoms with Gasteiger partial charge in [-0.3, -0.25) is 5.32 Å². The van der Waals surface area contributed by atoms with E-state index >= 15 is 0 Å². The number of rotatable bonds is 10. The molecule has 1 N–H and O–H groups in total. The van der Waals surface area contributed by atoms with Gasteiger partial charge in [-0.1, -0.05) is 0 Å². The minimum Gasteiger partial charge on any atom is -0.382 e. The van der Waals surface area contributed by atoms with Gasteiger partial charge in [0.1, 0.15) is 6.04 Å². The highest BCUT2D eigenvalue weighted by Gasteiger charge is 2.24. The maximum Gasteiger partial charge on any atom is 0.119 e. The van der Waals surface area contributed by atoms with Crippen molar-refractivity contribution >= 4 is 0 Å². The Labute approximate surface area is 96.7 Å². The molecule has 0 aromatic carbocycles. The first kappa shape index (κ1) is 13.4. The molecule has 1 saturated carbocycles. The summed E-state index contributed by atoms with van der Waals surface area (Å²) in [7, 11) is 1.64. The van der Waals surface area contributed by atoms with Crippen LogP contribution in [-0.2, 0) is 14.2 Å². The Bertz CT molecular complexity index is 214. The van der Waals surface area contributed by atoms with Gasteiger partial charge in [0.15, 0.2) is 0 Å². The molecule has 0 spiro atoms. The Kier molecular flexibility index (Phi) is 7.10. The number of hydrogen-bond acceptors (Lipinski definition) is 5. The molecule has 0 aliphatic heterocycles. The van der Waals surface area contributed by atoms with Crippen molar-refractivity contribution < 1.29 is 14.2 Å². The lowest BCUT2D eigenvalue weighted by atomic mass is 10.3. The third-order valence-electron chi connectivity index (χ3n) is 2.26. The van der Waals surface area contributed by atoms with E-state index in [1.807, 2.05) is 0 Å². The van der Waals surface area contributed by atoms with Gasteiger partial charge in [0.05, 0.1) is 39.1 Å². The number of ether oxygens (including phenoxy) is 3. The fraction of sp³-hybridized carbons (Fsp3) is 0.909. The van der Waals surface area contributed by atoms with Gasteiger partial charge in [0.2, 0.25) is 0 Å². The summed E-state index contributed by atoms with van der Waals surface area (Å²) in [6, 6.07) is 2.53. The minimum atomic E-state index is -0.188. The molecule has 1 atom stereocenters. The molecule has 16 heavy (non-hydrogen) atoms. The second-order valence-electron chi connectivity index (χ2n) is 3.80. The van der Waals surface area contributed by atoms with Crippen LogP contribution in [0.25, 0.3) is 0 Å². The largest absolute Gasteiger partial charge is 0.382 e.